The van der Waals surface area contributed by atoms with Gasteiger partial charge in [0.05, 0.1) is 6.54 Å². The summed E-state index contributed by atoms with van der Waals surface area (Å²) in [6, 6.07) is 32.4. The van der Waals surface area contributed by atoms with Gasteiger partial charge in [-0.2, -0.15) is 0 Å². The molecule has 4 aromatic rings. The minimum atomic E-state index is -0.0548. The van der Waals surface area contributed by atoms with Gasteiger partial charge in [0.1, 0.15) is 12.4 Å². The third kappa shape index (κ3) is 5.06. The normalized spacial score (nSPS) is 10.7. The summed E-state index contributed by atoms with van der Waals surface area (Å²) >= 11 is 0. The summed E-state index contributed by atoms with van der Waals surface area (Å²) in [4.78, 5) is 12.7. The Morgan fingerprint density at radius 1 is 0.733 bits per heavy atom. The number of carbonyl (C=O) groups excluding carboxylic acids is 1. The molecule has 3 heteroatoms. The number of hydrogen-bond acceptors (Lipinski definition) is 2. The number of carbonyl (C=O) groups is 1. The maximum Gasteiger partial charge on any atom is 0.251 e. The highest BCUT2D eigenvalue weighted by molar-refractivity contribution is 5.95. The Labute approximate surface area is 177 Å². The van der Waals surface area contributed by atoms with E-state index >= 15 is 0 Å². The van der Waals surface area contributed by atoms with Crippen LogP contribution in [0.2, 0.25) is 0 Å². The second kappa shape index (κ2) is 9.75. The van der Waals surface area contributed by atoms with E-state index in [4.69, 9.17) is 4.74 Å². The van der Waals surface area contributed by atoms with Crippen LogP contribution in [0.5, 0.6) is 5.75 Å². The van der Waals surface area contributed by atoms with Gasteiger partial charge in [0.2, 0.25) is 0 Å². The Hall–Kier alpha value is -3.59. The molecule has 4 aromatic carbocycles. The Morgan fingerprint density at radius 2 is 1.47 bits per heavy atom. The summed E-state index contributed by atoms with van der Waals surface area (Å²) in [6.45, 7) is 0.884. The maximum absolute atomic E-state index is 12.7. The second-order valence-corrected chi connectivity index (χ2v) is 7.26. The van der Waals surface area contributed by atoms with Crippen LogP contribution < -0.4 is 10.1 Å². The monoisotopic (exact) mass is 395 g/mol. The molecule has 0 bridgehead atoms. The van der Waals surface area contributed by atoms with E-state index in [0.29, 0.717) is 13.2 Å². The van der Waals surface area contributed by atoms with E-state index in [0.717, 1.165) is 35.1 Å². The summed E-state index contributed by atoms with van der Waals surface area (Å²) in [5.74, 6) is 0.756. The molecule has 4 rings (SSSR count). The van der Waals surface area contributed by atoms with Crippen molar-refractivity contribution in [3.8, 4) is 5.75 Å². The Morgan fingerprint density at radius 3 is 2.33 bits per heavy atom. The molecule has 0 spiro atoms. The fourth-order valence-corrected chi connectivity index (χ4v) is 3.57. The number of rotatable bonds is 8. The summed E-state index contributed by atoms with van der Waals surface area (Å²) in [5, 5.41) is 5.31. The van der Waals surface area contributed by atoms with Crippen LogP contribution in [0.4, 0.5) is 0 Å². The molecule has 0 aliphatic heterocycles. The van der Waals surface area contributed by atoms with Crippen LogP contribution in [0.25, 0.3) is 10.8 Å². The second-order valence-electron chi connectivity index (χ2n) is 7.26. The number of benzene rings is 4. The van der Waals surface area contributed by atoms with Crippen molar-refractivity contribution in [3.63, 3.8) is 0 Å². The van der Waals surface area contributed by atoms with E-state index in [-0.39, 0.29) is 5.91 Å². The number of fused-ring (bicyclic) bond motifs is 1. The van der Waals surface area contributed by atoms with E-state index in [1.165, 1.54) is 10.9 Å². The molecule has 0 radical (unpaired) electrons. The largest absolute Gasteiger partial charge is 0.492 e. The first-order valence-electron chi connectivity index (χ1n) is 10.3. The topological polar surface area (TPSA) is 38.3 Å². The zero-order valence-electron chi connectivity index (χ0n) is 16.9. The number of amides is 1. The summed E-state index contributed by atoms with van der Waals surface area (Å²) < 4.78 is 5.82. The average molecular weight is 396 g/mol. The summed E-state index contributed by atoms with van der Waals surface area (Å²) in [6.07, 6.45) is 1.75. The third-order valence-electron chi connectivity index (χ3n) is 5.17. The van der Waals surface area contributed by atoms with Crippen LogP contribution in [-0.4, -0.2) is 19.1 Å². The SMILES string of the molecule is O=C(NCCOc1ccc2ccccc2c1)c1ccccc1CCc1ccccc1. The zero-order valence-corrected chi connectivity index (χ0v) is 16.9. The van der Waals surface area contributed by atoms with Crippen molar-refractivity contribution in [1.29, 1.82) is 0 Å². The molecule has 1 N–H and O–H groups in total. The molecule has 0 aliphatic rings. The van der Waals surface area contributed by atoms with Crippen molar-refractivity contribution < 1.29 is 9.53 Å². The molecule has 30 heavy (non-hydrogen) atoms. The molecular weight excluding hydrogens is 370 g/mol. The molecule has 0 aliphatic carbocycles. The average Bonchev–Trinajstić information content (AvgIpc) is 2.81. The molecular formula is C27H25NO2. The van der Waals surface area contributed by atoms with E-state index in [1.54, 1.807) is 0 Å². The first kappa shape index (κ1) is 19.7. The van der Waals surface area contributed by atoms with Crippen LogP contribution in [0.15, 0.2) is 97.1 Å². The Bertz CT molecular complexity index is 1120. The van der Waals surface area contributed by atoms with Gasteiger partial charge in [0.25, 0.3) is 5.91 Å². The Balaban J connectivity index is 1.30. The molecule has 0 atom stereocenters. The van der Waals surface area contributed by atoms with Gasteiger partial charge in [0, 0.05) is 5.56 Å². The lowest BCUT2D eigenvalue weighted by Crippen LogP contribution is -2.29. The maximum atomic E-state index is 12.7. The minimum Gasteiger partial charge on any atom is -0.492 e. The van der Waals surface area contributed by atoms with Crippen molar-refractivity contribution in [1.82, 2.24) is 5.32 Å². The number of ether oxygens (including phenoxy) is 1. The number of nitrogens with one attached hydrogen (secondary N) is 1. The molecule has 0 saturated heterocycles. The van der Waals surface area contributed by atoms with E-state index in [9.17, 15) is 4.79 Å². The van der Waals surface area contributed by atoms with E-state index < -0.39 is 0 Å². The van der Waals surface area contributed by atoms with Crippen LogP contribution >= 0.6 is 0 Å². The summed E-state index contributed by atoms with van der Waals surface area (Å²) in [5.41, 5.74) is 3.07. The van der Waals surface area contributed by atoms with Crippen LogP contribution in [0.3, 0.4) is 0 Å². The van der Waals surface area contributed by atoms with Crippen molar-refractivity contribution in [3.05, 3.63) is 114 Å². The number of aryl methyl sites for hydroxylation is 2. The molecule has 0 saturated carbocycles. The first-order chi connectivity index (χ1) is 14.8. The fourth-order valence-electron chi connectivity index (χ4n) is 3.57. The molecule has 0 heterocycles. The van der Waals surface area contributed by atoms with Gasteiger partial charge in [-0.25, -0.2) is 0 Å². The standard InChI is InChI=1S/C27H25NO2/c29-27(26-13-7-6-11-23(26)15-14-21-8-2-1-3-9-21)28-18-19-30-25-17-16-22-10-4-5-12-24(22)20-25/h1-13,16-17,20H,14-15,18-19H2,(H,28,29). The van der Waals surface area contributed by atoms with Gasteiger partial charge < -0.3 is 10.1 Å². The Kier molecular flexibility index (Phi) is 6.41. The highest BCUT2D eigenvalue weighted by atomic mass is 16.5. The van der Waals surface area contributed by atoms with Crippen LogP contribution in [-0.2, 0) is 12.8 Å². The molecule has 0 aromatic heterocycles. The lowest BCUT2D eigenvalue weighted by molar-refractivity contribution is 0.0946. The van der Waals surface area contributed by atoms with Crippen molar-refractivity contribution >= 4 is 16.7 Å². The van der Waals surface area contributed by atoms with Gasteiger partial charge >= 0.3 is 0 Å². The van der Waals surface area contributed by atoms with Crippen LogP contribution in [0, 0.1) is 0 Å². The van der Waals surface area contributed by atoms with Gasteiger partial charge in [0.15, 0.2) is 0 Å². The zero-order chi connectivity index (χ0) is 20.6. The lowest BCUT2D eigenvalue weighted by atomic mass is 9.99. The third-order valence-corrected chi connectivity index (χ3v) is 5.17. The fraction of sp³-hybridized carbons (Fsp3) is 0.148. The molecule has 3 nitrogen and oxygen atoms in total. The lowest BCUT2D eigenvalue weighted by Gasteiger charge is -2.11. The highest BCUT2D eigenvalue weighted by Gasteiger charge is 2.10. The van der Waals surface area contributed by atoms with E-state index in [2.05, 4.69) is 29.6 Å². The number of hydrogen-bond donors (Lipinski definition) is 1. The predicted molar refractivity (Wildman–Crippen MR) is 122 cm³/mol. The molecule has 0 fully saturated rings. The van der Waals surface area contributed by atoms with Crippen molar-refractivity contribution in [2.45, 2.75) is 12.8 Å². The van der Waals surface area contributed by atoms with Crippen molar-refractivity contribution in [2.24, 2.45) is 0 Å². The van der Waals surface area contributed by atoms with Crippen LogP contribution in [0.1, 0.15) is 21.5 Å². The van der Waals surface area contributed by atoms with E-state index in [1.807, 2.05) is 72.8 Å². The molecule has 0 unspecified atom stereocenters. The van der Waals surface area contributed by atoms with Gasteiger partial charge in [-0.05, 0) is 52.9 Å². The smallest absolute Gasteiger partial charge is 0.251 e. The first-order valence-corrected chi connectivity index (χ1v) is 10.3. The predicted octanol–water partition coefficient (Wildman–Crippen LogP) is 5.43. The minimum absolute atomic E-state index is 0.0548. The quantitative estimate of drug-likeness (QED) is 0.404. The highest BCUT2D eigenvalue weighted by Crippen LogP contribution is 2.20. The molecule has 150 valence electrons. The van der Waals surface area contributed by atoms with Gasteiger partial charge in [-0.1, -0.05) is 78.9 Å². The summed E-state index contributed by atoms with van der Waals surface area (Å²) in [7, 11) is 0. The van der Waals surface area contributed by atoms with Gasteiger partial charge in [-0.3, -0.25) is 4.79 Å². The van der Waals surface area contributed by atoms with Gasteiger partial charge in [-0.15, -0.1) is 0 Å². The molecule has 1 amide bonds. The van der Waals surface area contributed by atoms with Crippen molar-refractivity contribution in [2.75, 3.05) is 13.2 Å².